The number of aromatic amines is 1. The lowest BCUT2D eigenvalue weighted by Crippen LogP contribution is -2.44. The summed E-state index contributed by atoms with van der Waals surface area (Å²) >= 11 is 0. The molecule has 1 aliphatic heterocycles. The molecule has 1 aliphatic rings. The number of nitrogens with zero attached hydrogens (tertiary/aromatic N) is 2. The van der Waals surface area contributed by atoms with Crippen LogP contribution in [0, 0.1) is 5.92 Å². The Balaban J connectivity index is 1.67. The predicted molar refractivity (Wildman–Crippen MR) is 165 cm³/mol. The number of carbonyl (C=O) groups is 5. The van der Waals surface area contributed by atoms with Crippen molar-refractivity contribution in [1.29, 1.82) is 0 Å². The van der Waals surface area contributed by atoms with Gasteiger partial charge in [0, 0.05) is 50.3 Å². The van der Waals surface area contributed by atoms with Crippen molar-refractivity contribution in [2.75, 3.05) is 65.8 Å². The van der Waals surface area contributed by atoms with Crippen LogP contribution in [-0.2, 0) is 44.6 Å². The summed E-state index contributed by atoms with van der Waals surface area (Å²) in [5.74, 6) is -1.41. The van der Waals surface area contributed by atoms with E-state index in [4.69, 9.17) is 25.7 Å². The first-order valence-electron chi connectivity index (χ1n) is 15.8. The molecule has 15 heteroatoms. The maximum atomic E-state index is 13.3. The minimum atomic E-state index is -0.693. The number of amides is 3. The van der Waals surface area contributed by atoms with Crippen LogP contribution in [0.15, 0.2) is 12.5 Å². The summed E-state index contributed by atoms with van der Waals surface area (Å²) < 4.78 is 15.7. The fraction of sp³-hybridized carbons (Fsp3) is 0.733. The molecule has 0 saturated carbocycles. The number of primary amides is 1. The first kappa shape index (κ1) is 37.9. The van der Waals surface area contributed by atoms with Gasteiger partial charge < -0.3 is 41.3 Å². The lowest BCUT2D eigenvalue weighted by molar-refractivity contribution is -0.128. The Morgan fingerprint density at radius 1 is 1.00 bits per heavy atom. The second-order valence-electron chi connectivity index (χ2n) is 11.1. The fourth-order valence-electron chi connectivity index (χ4n) is 5.07. The lowest BCUT2D eigenvalue weighted by atomic mass is 9.89. The number of aromatic nitrogens is 2. The van der Waals surface area contributed by atoms with E-state index >= 15 is 0 Å². The number of carbonyl (C=O) groups excluding carboxylic acids is 5. The molecule has 3 amide bonds. The van der Waals surface area contributed by atoms with E-state index in [0.717, 1.165) is 12.1 Å². The van der Waals surface area contributed by atoms with Crippen molar-refractivity contribution in [1.82, 2.24) is 25.5 Å². The van der Waals surface area contributed by atoms with Crippen molar-refractivity contribution < 1.29 is 38.2 Å². The van der Waals surface area contributed by atoms with Crippen LogP contribution in [0.25, 0.3) is 0 Å². The van der Waals surface area contributed by atoms with Crippen molar-refractivity contribution in [3.8, 4) is 0 Å². The molecule has 0 bridgehead atoms. The van der Waals surface area contributed by atoms with Gasteiger partial charge >= 0.3 is 0 Å². The van der Waals surface area contributed by atoms with Crippen LogP contribution < -0.4 is 22.1 Å². The summed E-state index contributed by atoms with van der Waals surface area (Å²) in [4.78, 5) is 70.1. The number of hydrogen-bond donors (Lipinski definition) is 5. The molecule has 0 unspecified atom stereocenters. The summed E-state index contributed by atoms with van der Waals surface area (Å²) in [6, 6.07) is -1.14. The van der Waals surface area contributed by atoms with Gasteiger partial charge in [-0.2, -0.15) is 0 Å². The van der Waals surface area contributed by atoms with Crippen molar-refractivity contribution in [3.05, 3.63) is 18.2 Å². The third kappa shape index (κ3) is 16.1. The molecule has 15 nitrogen and oxygen atoms in total. The molecule has 1 saturated heterocycles. The predicted octanol–water partition coefficient (Wildman–Crippen LogP) is -0.764. The van der Waals surface area contributed by atoms with Crippen LogP contribution in [0.1, 0.15) is 57.6 Å². The van der Waals surface area contributed by atoms with Gasteiger partial charge in [-0.15, -0.1) is 0 Å². The molecule has 0 radical (unpaired) electrons. The van der Waals surface area contributed by atoms with E-state index in [-0.39, 0.29) is 68.7 Å². The van der Waals surface area contributed by atoms with Crippen molar-refractivity contribution in [2.45, 2.75) is 70.4 Å². The first-order chi connectivity index (χ1) is 21.7. The number of Topliss-reactive ketones (excluding diaryl/α,β-unsaturated/α-hetero) is 2. The maximum Gasteiger partial charge on any atom is 0.246 e. The Morgan fingerprint density at radius 2 is 1.73 bits per heavy atom. The second kappa shape index (κ2) is 22.3. The highest BCUT2D eigenvalue weighted by Gasteiger charge is 2.32. The summed E-state index contributed by atoms with van der Waals surface area (Å²) in [5, 5.41) is 5.47. The van der Waals surface area contributed by atoms with Crippen LogP contribution in [0.3, 0.4) is 0 Å². The second-order valence-corrected chi connectivity index (χ2v) is 11.1. The molecule has 0 spiro atoms. The molecule has 2 heterocycles. The zero-order chi connectivity index (χ0) is 32.9. The Labute approximate surface area is 264 Å². The number of unbranched alkanes of at least 4 members (excludes halogenated alkanes) is 1. The molecule has 2 rings (SSSR count). The number of ketones is 2. The van der Waals surface area contributed by atoms with Crippen LogP contribution in [-0.4, -0.2) is 122 Å². The number of ether oxygens (including phenoxy) is 3. The van der Waals surface area contributed by atoms with Crippen LogP contribution >= 0.6 is 0 Å². The number of likely N-dealkylation sites (tertiary alicyclic amines) is 1. The lowest BCUT2D eigenvalue weighted by Gasteiger charge is -2.24. The minimum absolute atomic E-state index is 0.0226. The minimum Gasteiger partial charge on any atom is -0.377 e. The van der Waals surface area contributed by atoms with Gasteiger partial charge in [-0.05, 0) is 45.6 Å². The Bertz CT molecular complexity index is 1040. The number of rotatable bonds is 26. The molecule has 254 valence electrons. The smallest absolute Gasteiger partial charge is 0.246 e. The fourth-order valence-corrected chi connectivity index (χ4v) is 5.07. The van der Waals surface area contributed by atoms with Gasteiger partial charge in [0.25, 0.3) is 0 Å². The van der Waals surface area contributed by atoms with Crippen molar-refractivity contribution in [3.63, 3.8) is 0 Å². The summed E-state index contributed by atoms with van der Waals surface area (Å²) in [6.07, 6.45) is 7.34. The molecule has 1 aromatic heterocycles. The quantitative estimate of drug-likeness (QED) is 0.0794. The van der Waals surface area contributed by atoms with Gasteiger partial charge in [0.15, 0.2) is 0 Å². The van der Waals surface area contributed by atoms with Gasteiger partial charge in [0.1, 0.15) is 24.8 Å². The molecule has 7 N–H and O–H groups in total. The number of nitrogens with one attached hydrogen (secondary N) is 3. The van der Waals surface area contributed by atoms with E-state index in [2.05, 4.69) is 20.6 Å². The zero-order valence-corrected chi connectivity index (χ0v) is 26.4. The standard InChI is InChI=1S/C30H51N7O8/c1-2-43-19-28(40)35-11-13-44-14-15-45-20-29(41)34-10-4-3-6-22(27(39)18-37-12-5-7-25(37)30(32)42)8-9-26(38)24(31)16-23-17-33-21-36-23/h17,21-22,24-25H,2-16,18-20,31H2,1H3,(H2,32,42)(H,33,36)(H,34,41)(H,35,40)/t22-,24+,25+/m1/s1. The third-order valence-electron chi connectivity index (χ3n) is 7.57. The van der Waals surface area contributed by atoms with Crippen molar-refractivity contribution >= 4 is 29.3 Å². The topological polar surface area (TPSA) is 221 Å². The highest BCUT2D eigenvalue weighted by Crippen LogP contribution is 2.22. The largest absolute Gasteiger partial charge is 0.377 e. The summed E-state index contributed by atoms with van der Waals surface area (Å²) in [7, 11) is 0. The van der Waals surface area contributed by atoms with Gasteiger partial charge in [-0.1, -0.05) is 6.42 Å². The van der Waals surface area contributed by atoms with E-state index in [0.29, 0.717) is 71.4 Å². The normalized spacial score (nSPS) is 16.3. The van der Waals surface area contributed by atoms with E-state index in [1.807, 2.05) is 11.8 Å². The molecule has 1 aromatic rings. The number of H-pyrrole nitrogens is 1. The maximum absolute atomic E-state index is 13.3. The monoisotopic (exact) mass is 637 g/mol. The molecule has 0 aromatic carbocycles. The summed E-state index contributed by atoms with van der Waals surface area (Å²) in [5.41, 5.74) is 12.4. The highest BCUT2D eigenvalue weighted by molar-refractivity contribution is 5.87. The molecule has 0 aliphatic carbocycles. The Hall–Kier alpha value is -3.24. The van der Waals surface area contributed by atoms with Crippen LogP contribution in [0.2, 0.25) is 0 Å². The van der Waals surface area contributed by atoms with Gasteiger partial charge in [-0.25, -0.2) is 4.98 Å². The third-order valence-corrected chi connectivity index (χ3v) is 7.57. The van der Waals surface area contributed by atoms with E-state index in [1.54, 1.807) is 6.20 Å². The van der Waals surface area contributed by atoms with Gasteiger partial charge in [0.2, 0.25) is 17.7 Å². The average molecular weight is 638 g/mol. The van der Waals surface area contributed by atoms with Crippen LogP contribution in [0.4, 0.5) is 0 Å². The Morgan fingerprint density at radius 3 is 2.44 bits per heavy atom. The zero-order valence-electron chi connectivity index (χ0n) is 26.4. The van der Waals surface area contributed by atoms with E-state index < -0.39 is 18.0 Å². The number of imidazole rings is 1. The van der Waals surface area contributed by atoms with E-state index in [1.165, 1.54) is 6.33 Å². The van der Waals surface area contributed by atoms with Crippen LogP contribution in [0.5, 0.6) is 0 Å². The number of nitrogens with two attached hydrogens (primary N) is 2. The van der Waals surface area contributed by atoms with Gasteiger partial charge in [0.05, 0.1) is 44.8 Å². The average Bonchev–Trinajstić information content (AvgIpc) is 3.70. The molecular weight excluding hydrogens is 586 g/mol. The molecule has 3 atom stereocenters. The van der Waals surface area contributed by atoms with E-state index in [9.17, 15) is 24.0 Å². The van der Waals surface area contributed by atoms with Crippen molar-refractivity contribution in [2.24, 2.45) is 17.4 Å². The molecule has 45 heavy (non-hydrogen) atoms. The Kier molecular flexibility index (Phi) is 18.8. The first-order valence-corrected chi connectivity index (χ1v) is 15.8. The SMILES string of the molecule is CCOCC(=O)NCCOCCOCC(=O)NCCCC[C@H](CCC(=O)[C@@H](N)Cc1cnc[nH]1)C(=O)CN1CCC[C@H]1C(N)=O. The van der Waals surface area contributed by atoms with Gasteiger partial charge in [-0.3, -0.25) is 28.9 Å². The molecule has 1 fully saturated rings. The molecular formula is C30H51N7O8. The highest BCUT2D eigenvalue weighted by atomic mass is 16.5. The number of hydrogen-bond acceptors (Lipinski definition) is 11. The summed E-state index contributed by atoms with van der Waals surface area (Å²) in [6.45, 7) is 4.60.